The van der Waals surface area contributed by atoms with Crippen molar-refractivity contribution in [1.82, 2.24) is 5.32 Å². The van der Waals surface area contributed by atoms with Crippen molar-refractivity contribution in [3.05, 3.63) is 29.3 Å². The Bertz CT molecular complexity index is 738. The second kappa shape index (κ2) is 9.45. The van der Waals surface area contributed by atoms with E-state index in [1.807, 2.05) is 0 Å². The number of nitrogens with one attached hydrogen (secondary N) is 1. The fraction of sp³-hybridized carbons (Fsp3) is 0.500. The van der Waals surface area contributed by atoms with Gasteiger partial charge in [0, 0.05) is 13.3 Å². The van der Waals surface area contributed by atoms with E-state index in [0.717, 1.165) is 0 Å². The monoisotopic (exact) mass is 393 g/mol. The summed E-state index contributed by atoms with van der Waals surface area (Å²) in [6.45, 7) is 6.40. The van der Waals surface area contributed by atoms with Gasteiger partial charge in [0.2, 0.25) is 12.2 Å². The predicted octanol–water partition coefficient (Wildman–Crippen LogP) is 1.60. The fourth-order valence-electron chi connectivity index (χ4n) is 2.61. The average Bonchev–Trinajstić information content (AvgIpc) is 2.60. The zero-order valence-corrected chi connectivity index (χ0v) is 16.3. The second-order valence-electron chi connectivity index (χ2n) is 6.54. The third kappa shape index (κ3) is 5.62. The van der Waals surface area contributed by atoms with Crippen LogP contribution in [0.3, 0.4) is 0 Å². The van der Waals surface area contributed by atoms with Crippen molar-refractivity contribution in [2.24, 2.45) is 0 Å². The Morgan fingerprint density at radius 1 is 1.25 bits per heavy atom. The van der Waals surface area contributed by atoms with Gasteiger partial charge in [-0.2, -0.15) is 0 Å². The van der Waals surface area contributed by atoms with Crippen molar-refractivity contribution >= 4 is 25.2 Å². The van der Waals surface area contributed by atoms with Crippen LogP contribution in [0.15, 0.2) is 18.2 Å². The van der Waals surface area contributed by atoms with Crippen molar-refractivity contribution in [1.29, 1.82) is 0 Å². The summed E-state index contributed by atoms with van der Waals surface area (Å²) in [5, 5.41) is 12.9. The average molecular weight is 393 g/mol. The molecule has 2 atom stereocenters. The Kier molecular flexibility index (Phi) is 7.27. The van der Waals surface area contributed by atoms with Gasteiger partial charge in [-0.05, 0) is 31.9 Å². The van der Waals surface area contributed by atoms with Crippen molar-refractivity contribution in [3.63, 3.8) is 0 Å². The maximum atomic E-state index is 12.5. The summed E-state index contributed by atoms with van der Waals surface area (Å²) in [5.74, 6) is -1.46. The number of carbonyl (C=O) groups is 3. The Morgan fingerprint density at radius 2 is 1.96 bits per heavy atom. The van der Waals surface area contributed by atoms with E-state index in [0.29, 0.717) is 5.56 Å². The van der Waals surface area contributed by atoms with Gasteiger partial charge < -0.3 is 29.2 Å². The topological polar surface area (TPSA) is 120 Å². The van der Waals surface area contributed by atoms with Crippen LogP contribution in [0.4, 0.5) is 4.79 Å². The quantitative estimate of drug-likeness (QED) is 0.425. The molecule has 28 heavy (non-hydrogen) atoms. The van der Waals surface area contributed by atoms with E-state index in [9.17, 15) is 19.4 Å². The number of carbonyl (C=O) groups excluding carboxylic acids is 3. The molecule has 0 spiro atoms. The van der Waals surface area contributed by atoms with Crippen molar-refractivity contribution in [2.45, 2.75) is 58.9 Å². The molecule has 10 heteroatoms. The van der Waals surface area contributed by atoms with E-state index in [1.165, 1.54) is 13.0 Å². The number of fused-ring (bicyclic) bond motifs is 1. The number of para-hydroxylation sites is 1. The molecule has 0 bridgehead atoms. The molecule has 9 nitrogen and oxygen atoms in total. The first kappa shape index (κ1) is 21.6. The first-order valence-corrected chi connectivity index (χ1v) is 9.05. The fourth-order valence-corrected chi connectivity index (χ4v) is 2.61. The van der Waals surface area contributed by atoms with Gasteiger partial charge in [0.15, 0.2) is 0 Å². The van der Waals surface area contributed by atoms with Gasteiger partial charge in [0.1, 0.15) is 11.3 Å². The highest BCUT2D eigenvalue weighted by Crippen LogP contribution is 2.31. The minimum Gasteiger partial charge on any atom is -0.534 e. The number of hydrogen-bond acceptors (Lipinski definition) is 8. The lowest BCUT2D eigenvalue weighted by Crippen LogP contribution is -2.53. The van der Waals surface area contributed by atoms with Crippen LogP contribution in [0.1, 0.15) is 50.0 Å². The Morgan fingerprint density at radius 3 is 2.61 bits per heavy atom. The third-order valence-corrected chi connectivity index (χ3v) is 3.87. The lowest BCUT2D eigenvalue weighted by Gasteiger charge is -2.29. The standard InChI is InChI=1S/C18H24BNO8/c1-5-15(21)20-14-9-12-7-6-8-13(16(12)28-19(14)24)17(22)26-11(4)27-18(23)25-10(2)3/h6-8,10-11,14,24H,5,9H2,1-4H3,(H,20,21)/t11?,14-/m0/s1. The molecule has 0 fully saturated rings. The van der Waals surface area contributed by atoms with Crippen LogP contribution in [0.2, 0.25) is 0 Å². The summed E-state index contributed by atoms with van der Waals surface area (Å²) in [6.07, 6.45) is -1.94. The minimum absolute atomic E-state index is 0.0736. The Hall–Kier alpha value is -2.75. The zero-order chi connectivity index (χ0) is 20.8. The zero-order valence-electron chi connectivity index (χ0n) is 16.3. The van der Waals surface area contributed by atoms with Gasteiger partial charge in [-0.15, -0.1) is 0 Å². The van der Waals surface area contributed by atoms with Crippen LogP contribution < -0.4 is 9.97 Å². The highest BCUT2D eigenvalue weighted by Gasteiger charge is 2.37. The summed E-state index contributed by atoms with van der Waals surface area (Å²) in [5.41, 5.74) is 0.707. The number of ether oxygens (including phenoxy) is 3. The molecule has 1 amide bonds. The maximum absolute atomic E-state index is 12.5. The molecule has 1 aromatic carbocycles. The van der Waals surface area contributed by atoms with Crippen LogP contribution >= 0.6 is 0 Å². The van der Waals surface area contributed by atoms with Gasteiger partial charge in [0.25, 0.3) is 0 Å². The molecule has 1 heterocycles. The van der Waals surface area contributed by atoms with E-state index in [2.05, 4.69) is 5.32 Å². The number of amides is 1. The predicted molar refractivity (Wildman–Crippen MR) is 98.5 cm³/mol. The Labute approximate surface area is 163 Å². The highest BCUT2D eigenvalue weighted by molar-refractivity contribution is 6.47. The number of benzene rings is 1. The van der Waals surface area contributed by atoms with Gasteiger partial charge >= 0.3 is 19.2 Å². The van der Waals surface area contributed by atoms with Gasteiger partial charge in [-0.1, -0.05) is 19.1 Å². The molecule has 1 aliphatic rings. The Balaban J connectivity index is 2.08. The smallest absolute Gasteiger partial charge is 0.534 e. The van der Waals surface area contributed by atoms with E-state index < -0.39 is 31.5 Å². The molecule has 2 rings (SSSR count). The summed E-state index contributed by atoms with van der Waals surface area (Å²) in [6, 6.07) is 4.83. The van der Waals surface area contributed by atoms with Crippen LogP contribution in [0, 0.1) is 0 Å². The minimum atomic E-state index is -1.31. The van der Waals surface area contributed by atoms with Gasteiger partial charge in [-0.25, -0.2) is 9.59 Å². The van der Waals surface area contributed by atoms with Crippen LogP contribution in [0.5, 0.6) is 5.75 Å². The van der Waals surface area contributed by atoms with Crippen LogP contribution in [0.25, 0.3) is 0 Å². The second-order valence-corrected chi connectivity index (χ2v) is 6.54. The normalized spacial score (nSPS) is 16.5. The molecule has 0 radical (unpaired) electrons. The van der Waals surface area contributed by atoms with Crippen molar-refractivity contribution in [2.75, 3.05) is 0 Å². The first-order valence-electron chi connectivity index (χ1n) is 9.05. The van der Waals surface area contributed by atoms with E-state index in [4.69, 9.17) is 18.9 Å². The molecule has 1 unspecified atom stereocenters. The van der Waals surface area contributed by atoms with E-state index in [1.54, 1.807) is 32.9 Å². The van der Waals surface area contributed by atoms with Crippen molar-refractivity contribution < 1.29 is 38.3 Å². The molecule has 0 saturated carbocycles. The third-order valence-electron chi connectivity index (χ3n) is 3.87. The SMILES string of the molecule is CCC(=O)N[C@H]1Cc2cccc(C(=O)OC(C)OC(=O)OC(C)C)c2OB1O. The number of esters is 1. The lowest BCUT2D eigenvalue weighted by molar-refractivity contribution is -0.121. The summed E-state index contributed by atoms with van der Waals surface area (Å²) >= 11 is 0. The highest BCUT2D eigenvalue weighted by atomic mass is 16.8. The van der Waals surface area contributed by atoms with Crippen LogP contribution in [-0.2, 0) is 25.4 Å². The molecule has 0 aliphatic carbocycles. The lowest BCUT2D eigenvalue weighted by atomic mass is 9.72. The molecular weight excluding hydrogens is 369 g/mol. The molecule has 0 aromatic heterocycles. The van der Waals surface area contributed by atoms with Crippen molar-refractivity contribution in [3.8, 4) is 5.75 Å². The molecule has 2 N–H and O–H groups in total. The summed E-state index contributed by atoms with van der Waals surface area (Å²) in [7, 11) is -1.31. The van der Waals surface area contributed by atoms with E-state index in [-0.39, 0.29) is 36.2 Å². The molecule has 1 aliphatic heterocycles. The maximum Gasteiger partial charge on any atom is 0.547 e. The number of rotatable bonds is 6. The molecule has 0 saturated heterocycles. The molecular formula is C18H24BNO8. The van der Waals surface area contributed by atoms with Gasteiger partial charge in [-0.3, -0.25) is 4.79 Å². The molecule has 152 valence electrons. The van der Waals surface area contributed by atoms with Crippen LogP contribution in [-0.4, -0.2) is 48.5 Å². The first-order chi connectivity index (χ1) is 13.2. The summed E-state index contributed by atoms with van der Waals surface area (Å²) in [4.78, 5) is 35.5. The largest absolute Gasteiger partial charge is 0.547 e. The van der Waals surface area contributed by atoms with Gasteiger partial charge in [0.05, 0.1) is 12.0 Å². The van der Waals surface area contributed by atoms with E-state index >= 15 is 0 Å². The molecule has 1 aromatic rings. The number of hydrogen-bond donors (Lipinski definition) is 2. The summed E-state index contributed by atoms with van der Waals surface area (Å²) < 4.78 is 20.2.